The van der Waals surface area contributed by atoms with Crippen LogP contribution < -0.4 is 70.4 Å². The number of hydrogen-bond acceptors (Lipinski definition) is 23. The quantitative estimate of drug-likeness (QED) is 0.0177. The van der Waals surface area contributed by atoms with Crippen molar-refractivity contribution in [3.05, 3.63) is 107 Å². The first-order valence-corrected chi connectivity index (χ1v) is 45.9. The Balaban J connectivity index is 0.0000238. The van der Waals surface area contributed by atoms with Crippen LogP contribution in [-0.2, 0) is 107 Å². The summed E-state index contributed by atoms with van der Waals surface area (Å²) in [6.07, 6.45) is 5.59. The zero-order valence-electron chi connectivity index (χ0n) is 75.2. The van der Waals surface area contributed by atoms with Gasteiger partial charge < -0.3 is 115 Å². The second kappa shape index (κ2) is 51.7. The van der Waals surface area contributed by atoms with E-state index in [-0.39, 0.29) is 97.1 Å². The number of nitrogens with one attached hydrogen (secondary N) is 14. The molecule has 44 heteroatoms. The number of amides is 16. The number of nitrogens with zero attached hydrogens (tertiary/aromatic N) is 7. The molecule has 6 heterocycles. The van der Waals surface area contributed by atoms with Crippen LogP contribution in [0.2, 0.25) is 0 Å². The van der Waals surface area contributed by atoms with Crippen molar-refractivity contribution >= 4 is 151 Å². The molecular weight excluding hydrogens is 1750 g/mol. The van der Waals surface area contributed by atoms with Crippen molar-refractivity contribution in [1.29, 1.82) is 5.41 Å². The van der Waals surface area contributed by atoms with Gasteiger partial charge >= 0.3 is 0 Å². The van der Waals surface area contributed by atoms with E-state index in [0.29, 0.717) is 70.0 Å². The van der Waals surface area contributed by atoms with Crippen molar-refractivity contribution < 1.29 is 86.6 Å². The number of carbonyl (C=O) groups is 17. The maximum atomic E-state index is 15.7. The minimum atomic E-state index is -1.81. The minimum Gasteiger partial charge on any atom is -0.394 e. The lowest BCUT2D eigenvalue weighted by molar-refractivity contribution is -0.149. The summed E-state index contributed by atoms with van der Waals surface area (Å²) in [5.41, 5.74) is 21.4. The molecule has 0 unspecified atom stereocenters. The number of unbranched alkanes of at least 4 members (excludes halogenated alkanes) is 2. The van der Waals surface area contributed by atoms with Gasteiger partial charge in [-0.1, -0.05) is 97.2 Å². The van der Waals surface area contributed by atoms with Crippen LogP contribution >= 0.6 is 23.1 Å². The number of thioether (sulfide) groups is 1. The number of thiazole rings is 1. The van der Waals surface area contributed by atoms with Crippen LogP contribution in [0.15, 0.2) is 84.3 Å². The molecule has 0 spiro atoms. The number of imidazole rings is 1. The molecule has 42 nitrogen and oxygen atoms in total. The van der Waals surface area contributed by atoms with Gasteiger partial charge in [-0.25, -0.2) is 9.97 Å². The van der Waals surface area contributed by atoms with Crippen molar-refractivity contribution in [2.45, 2.75) is 224 Å². The molecule has 0 radical (unpaired) electrons. The smallest absolute Gasteiger partial charge is 0.246 e. The standard InChI is InChI=1S/C87H124N24O18S2.CH4/c1-10-12-25-68-80(123)100-60(24-18-28-93-87(90)91)77(120)106-67(76(119)96-40-72(89)115)44-130-45-73(116)99-64(35-54-43-131-47-98-54)83(126)108(7)49(5)74(117)102-65(36-71(88)114)85(128)111-29-19-27-69(111)81(124)101-61(34-53-39-92-46-97-53)78(121)103-62(30-48(3)4)82(125)107(6)41-55(113)32-50(31-51-37-94-58-22-16-14-20-56(51)58)75(118)105-66(42-112)79(122)104-63(33-52-38-95-59-23-17-15-21-57(52)59)84(127)110(9)70(26-13-11-2)86(129)109(68)8;/h14-17,20-23,37-39,43,46-50,60-70,94-95,112H,10-13,18-19,24-36,40-42,44-45H2,1-9H3,(H2,88,114)(H2,89,115)(H,92,97)(H,96,119)(H,99,116)(H,100,123)(H,101,124)(H,102,117)(H,103,121)(H,104,122)(H,105,118)(H,106,120)(H4,90,91,93);1H4/t49-,50+,60-,61-,62-,63-,64-,65-,66-,67-,68-,69-,70-;/m0./s1. The van der Waals surface area contributed by atoms with Crippen LogP contribution in [-0.4, -0.2) is 306 Å². The number of aliphatic hydroxyl groups excluding tert-OH is 1. The van der Waals surface area contributed by atoms with Gasteiger partial charge in [-0.15, -0.1) is 23.1 Å². The first kappa shape index (κ1) is 106. The Morgan fingerprint density at radius 1 is 0.598 bits per heavy atom. The first-order valence-electron chi connectivity index (χ1n) is 43.8. The number of fused-ring (bicyclic) bond motifs is 3. The predicted molar refractivity (Wildman–Crippen MR) is 493 cm³/mol. The SMILES string of the molecule is C.CCCC[C@H]1C(=O)N(C)[C@@H](CCCC)C(=O)N[C@@H](CCCNC(=N)N)C(=O)N[C@H](C(=O)NCC(N)=O)CSCC(=O)N[C@@H](Cc2cscn2)C(=O)N(C)[C@@H](C)C(=O)N[C@@H](CC(N)=O)C(=O)N2CCC[C@H]2C(=O)N[C@@H](Cc2cnc[nH]2)C(=O)N[C@@H](CC(C)C)C(=O)N(C)CC(=O)C[C@@H](Cc2c[nH]c3ccccc23)C(=O)N[C@@H](CO)C(=O)N[C@@H](Cc2c[nH]c3ccccc23)C(=O)N1C. The fourth-order valence-electron chi connectivity index (χ4n) is 15.8. The number of H-pyrrole nitrogens is 3. The average Bonchev–Trinajstić information content (AvgIpc) is 1.35. The molecule has 720 valence electrons. The maximum absolute atomic E-state index is 15.7. The van der Waals surface area contributed by atoms with E-state index >= 15 is 24.0 Å². The second-order valence-corrected chi connectivity index (χ2v) is 35.2. The summed E-state index contributed by atoms with van der Waals surface area (Å²) in [7, 11) is 5.28. The van der Waals surface area contributed by atoms with Crippen LogP contribution in [0.4, 0.5) is 0 Å². The summed E-state index contributed by atoms with van der Waals surface area (Å²) in [5, 5.41) is 48.4. The Morgan fingerprint density at radius 3 is 1.79 bits per heavy atom. The van der Waals surface area contributed by atoms with Gasteiger partial charge in [-0.2, -0.15) is 0 Å². The number of para-hydroxylation sites is 2. The topological polar surface area (TPSA) is 622 Å². The maximum Gasteiger partial charge on any atom is 0.246 e. The number of hydrogen-bond donors (Lipinski definition) is 18. The number of aromatic amines is 3. The van der Waals surface area contributed by atoms with E-state index in [1.54, 1.807) is 80.2 Å². The molecule has 0 aliphatic carbocycles. The van der Waals surface area contributed by atoms with E-state index in [4.69, 9.17) is 22.6 Å². The number of benzene rings is 2. The number of nitrogens with two attached hydrogens (primary N) is 3. The summed E-state index contributed by atoms with van der Waals surface area (Å²) < 4.78 is 0. The Morgan fingerprint density at radius 2 is 1.18 bits per heavy atom. The third-order valence-corrected chi connectivity index (χ3v) is 24.7. The van der Waals surface area contributed by atoms with E-state index < -0.39 is 229 Å². The molecule has 16 amide bonds. The molecule has 21 N–H and O–H groups in total. The highest BCUT2D eigenvalue weighted by Crippen LogP contribution is 2.27. The van der Waals surface area contributed by atoms with Crippen LogP contribution in [0, 0.1) is 17.2 Å². The van der Waals surface area contributed by atoms with Crippen molar-refractivity contribution in [3.8, 4) is 0 Å². The highest BCUT2D eigenvalue weighted by atomic mass is 32.2. The van der Waals surface area contributed by atoms with Crippen molar-refractivity contribution in [2.24, 2.45) is 29.0 Å². The molecule has 2 aliphatic heterocycles. The normalized spacial score (nSPS) is 23.5. The molecular formula is C88H128N24O18S2. The number of primary amides is 2. The molecule has 0 saturated carbocycles. The largest absolute Gasteiger partial charge is 0.394 e. The number of guanidine groups is 1. The molecule has 2 saturated heterocycles. The number of carbonyl (C=O) groups excluding carboxylic acids is 17. The molecule has 2 aliphatic rings. The Labute approximate surface area is 773 Å². The number of ketones is 1. The average molecular weight is 1870 g/mol. The highest BCUT2D eigenvalue weighted by molar-refractivity contribution is 8.00. The molecule has 6 aromatic rings. The van der Waals surface area contributed by atoms with Crippen LogP contribution in [0.3, 0.4) is 0 Å². The van der Waals surface area contributed by atoms with Gasteiger partial charge in [-0.05, 0) is 87.5 Å². The molecule has 8 rings (SSSR count). The highest BCUT2D eigenvalue weighted by Gasteiger charge is 2.44. The first-order chi connectivity index (χ1) is 62.4. The van der Waals surface area contributed by atoms with Crippen LogP contribution in [0.1, 0.15) is 148 Å². The van der Waals surface area contributed by atoms with Crippen LogP contribution in [0.5, 0.6) is 0 Å². The number of likely N-dealkylation sites (N-methyl/N-ethyl adjacent to an activating group) is 4. The predicted octanol–water partition coefficient (Wildman–Crippen LogP) is -0.955. The molecule has 4 aromatic heterocycles. The van der Waals surface area contributed by atoms with Gasteiger partial charge in [0, 0.05) is 130 Å². The monoisotopic (exact) mass is 1870 g/mol. The third-order valence-electron chi connectivity index (χ3n) is 23.0. The van der Waals surface area contributed by atoms with Crippen molar-refractivity contribution in [2.75, 3.05) is 72.5 Å². The summed E-state index contributed by atoms with van der Waals surface area (Å²) in [5.74, 6) is -18.0. The molecule has 0 bridgehead atoms. The Hall–Kier alpha value is -12.9. The summed E-state index contributed by atoms with van der Waals surface area (Å²) in [4.78, 5) is 271. The fraction of sp³-hybridized carbons (Fsp3) is 0.545. The lowest BCUT2D eigenvalue weighted by Crippen LogP contribution is -2.61. The number of aromatic nitrogens is 5. The van der Waals surface area contributed by atoms with E-state index in [1.807, 2.05) is 13.8 Å². The number of Topliss-reactive ketones (excluding diaryl/α,β-unsaturated/α-hetero) is 1. The summed E-state index contributed by atoms with van der Waals surface area (Å²) in [6.45, 7) is 6.08. The van der Waals surface area contributed by atoms with Gasteiger partial charge in [0.2, 0.25) is 94.5 Å². The van der Waals surface area contributed by atoms with Gasteiger partial charge in [-0.3, -0.25) is 86.9 Å². The molecule has 2 fully saturated rings. The van der Waals surface area contributed by atoms with Gasteiger partial charge in [0.15, 0.2) is 11.7 Å². The lowest BCUT2D eigenvalue weighted by atomic mass is 9.92. The van der Waals surface area contributed by atoms with E-state index in [2.05, 4.69) is 78.1 Å². The summed E-state index contributed by atoms with van der Waals surface area (Å²) in [6, 6.07) is -3.80. The zero-order chi connectivity index (χ0) is 95.9. The Bertz CT molecular complexity index is 5010. The molecule has 2 aromatic carbocycles. The van der Waals surface area contributed by atoms with E-state index in [9.17, 15) is 62.6 Å². The van der Waals surface area contributed by atoms with Gasteiger partial charge in [0.25, 0.3) is 0 Å². The minimum absolute atomic E-state index is 0. The summed E-state index contributed by atoms with van der Waals surface area (Å²) >= 11 is 1.96. The second-order valence-electron chi connectivity index (χ2n) is 33.5. The van der Waals surface area contributed by atoms with Crippen LogP contribution in [0.25, 0.3) is 21.8 Å². The van der Waals surface area contributed by atoms with E-state index in [1.165, 1.54) is 64.5 Å². The van der Waals surface area contributed by atoms with Crippen molar-refractivity contribution in [1.82, 2.24) is 103 Å². The zero-order valence-corrected chi connectivity index (χ0v) is 76.8. The van der Waals surface area contributed by atoms with Crippen molar-refractivity contribution in [3.63, 3.8) is 0 Å². The lowest BCUT2D eigenvalue weighted by Gasteiger charge is -2.36. The van der Waals surface area contributed by atoms with E-state index in [0.717, 1.165) is 36.3 Å². The number of rotatable bonds is 26. The third kappa shape index (κ3) is 30.6. The molecule has 13 atom stereocenters. The Kier molecular flexibility index (Phi) is 41.5. The van der Waals surface area contributed by atoms with Gasteiger partial charge in [0.05, 0.1) is 49.4 Å². The molecule has 132 heavy (non-hydrogen) atoms. The van der Waals surface area contributed by atoms with Gasteiger partial charge in [0.1, 0.15) is 72.5 Å². The fourth-order valence-corrected chi connectivity index (χ4v) is 17.2. The number of aliphatic hydroxyl groups is 1.